The Balaban J connectivity index is 1.41. The van der Waals surface area contributed by atoms with Crippen molar-refractivity contribution >= 4 is 33.7 Å². The summed E-state index contributed by atoms with van der Waals surface area (Å²) in [6.45, 7) is 2.01. The van der Waals surface area contributed by atoms with Gasteiger partial charge < -0.3 is 10.6 Å². The molecular formula is C22H22ClFN2. The monoisotopic (exact) mass is 368 g/mol. The third kappa shape index (κ3) is 3.63. The molecule has 3 aromatic carbocycles. The second kappa shape index (κ2) is 7.16. The van der Waals surface area contributed by atoms with E-state index < -0.39 is 0 Å². The molecule has 134 valence electrons. The minimum absolute atomic E-state index is 0.182. The van der Waals surface area contributed by atoms with E-state index >= 15 is 0 Å². The lowest BCUT2D eigenvalue weighted by molar-refractivity contribution is 0.404. The number of hydrogen-bond donors (Lipinski definition) is 1. The zero-order chi connectivity index (χ0) is 18.1. The Hall–Kier alpha value is -2.26. The molecule has 2 N–H and O–H groups in total. The lowest BCUT2D eigenvalue weighted by Gasteiger charge is -2.34. The van der Waals surface area contributed by atoms with Crippen molar-refractivity contribution in [1.29, 1.82) is 0 Å². The van der Waals surface area contributed by atoms with Gasteiger partial charge in [0.05, 0.1) is 10.7 Å². The third-order valence-corrected chi connectivity index (χ3v) is 5.62. The molecule has 1 heterocycles. The van der Waals surface area contributed by atoms with Crippen molar-refractivity contribution in [2.75, 3.05) is 23.7 Å². The summed E-state index contributed by atoms with van der Waals surface area (Å²) in [4.78, 5) is 2.35. The fourth-order valence-corrected chi connectivity index (χ4v) is 4.19. The van der Waals surface area contributed by atoms with Gasteiger partial charge in [0.2, 0.25) is 0 Å². The van der Waals surface area contributed by atoms with E-state index in [2.05, 4.69) is 17.0 Å². The number of piperidine rings is 1. The molecule has 0 amide bonds. The lowest BCUT2D eigenvalue weighted by atomic mass is 9.89. The minimum atomic E-state index is -0.182. The van der Waals surface area contributed by atoms with Gasteiger partial charge in [-0.05, 0) is 71.8 Å². The molecule has 1 aliphatic rings. The SMILES string of the molecule is Nc1ccc(N2CCC(Cc3ccc4cc(F)ccc4c3)CC2)c(Cl)c1. The molecule has 4 rings (SSSR count). The van der Waals surface area contributed by atoms with Crippen molar-refractivity contribution in [2.24, 2.45) is 5.92 Å². The van der Waals surface area contributed by atoms with Crippen LogP contribution in [0.1, 0.15) is 18.4 Å². The van der Waals surface area contributed by atoms with Gasteiger partial charge in [-0.1, -0.05) is 35.9 Å². The Labute approximate surface area is 158 Å². The van der Waals surface area contributed by atoms with Crippen molar-refractivity contribution in [3.8, 4) is 0 Å². The van der Waals surface area contributed by atoms with E-state index in [1.807, 2.05) is 30.3 Å². The molecule has 1 saturated heterocycles. The summed E-state index contributed by atoms with van der Waals surface area (Å²) in [6, 6.07) is 17.1. The second-order valence-electron chi connectivity index (χ2n) is 7.17. The van der Waals surface area contributed by atoms with Gasteiger partial charge in [0, 0.05) is 18.8 Å². The van der Waals surface area contributed by atoms with Crippen LogP contribution in [0.5, 0.6) is 0 Å². The van der Waals surface area contributed by atoms with E-state index in [9.17, 15) is 4.39 Å². The second-order valence-corrected chi connectivity index (χ2v) is 7.58. The maximum absolute atomic E-state index is 13.3. The Kier molecular flexibility index (Phi) is 4.73. The van der Waals surface area contributed by atoms with Crippen molar-refractivity contribution < 1.29 is 4.39 Å². The van der Waals surface area contributed by atoms with Gasteiger partial charge >= 0.3 is 0 Å². The Morgan fingerprint density at radius 3 is 2.46 bits per heavy atom. The third-order valence-electron chi connectivity index (χ3n) is 5.32. The maximum atomic E-state index is 13.3. The molecule has 0 aliphatic carbocycles. The summed E-state index contributed by atoms with van der Waals surface area (Å²) >= 11 is 6.35. The van der Waals surface area contributed by atoms with E-state index in [-0.39, 0.29) is 5.82 Å². The summed E-state index contributed by atoms with van der Waals surface area (Å²) in [5.41, 5.74) is 8.89. The molecule has 0 spiro atoms. The molecule has 4 heteroatoms. The first-order chi connectivity index (χ1) is 12.6. The molecule has 0 unspecified atom stereocenters. The van der Waals surface area contributed by atoms with Crippen LogP contribution in [0.15, 0.2) is 54.6 Å². The highest BCUT2D eigenvalue weighted by Gasteiger charge is 2.21. The topological polar surface area (TPSA) is 29.3 Å². The van der Waals surface area contributed by atoms with Crippen LogP contribution in [0.4, 0.5) is 15.8 Å². The molecule has 26 heavy (non-hydrogen) atoms. The van der Waals surface area contributed by atoms with Gasteiger partial charge in [-0.15, -0.1) is 0 Å². The van der Waals surface area contributed by atoms with Crippen molar-refractivity contribution in [3.63, 3.8) is 0 Å². The van der Waals surface area contributed by atoms with Crippen LogP contribution >= 0.6 is 11.6 Å². The zero-order valence-corrected chi connectivity index (χ0v) is 15.3. The highest BCUT2D eigenvalue weighted by atomic mass is 35.5. The van der Waals surface area contributed by atoms with E-state index in [0.29, 0.717) is 11.6 Å². The lowest BCUT2D eigenvalue weighted by Crippen LogP contribution is -2.34. The van der Waals surface area contributed by atoms with E-state index in [0.717, 1.165) is 53.8 Å². The number of nitrogens with zero attached hydrogens (tertiary/aromatic N) is 1. The molecule has 1 fully saturated rings. The number of fused-ring (bicyclic) bond motifs is 1. The Bertz CT molecular complexity index is 933. The van der Waals surface area contributed by atoms with Crippen LogP contribution in [-0.4, -0.2) is 13.1 Å². The van der Waals surface area contributed by atoms with Crippen LogP contribution < -0.4 is 10.6 Å². The average molecular weight is 369 g/mol. The van der Waals surface area contributed by atoms with Gasteiger partial charge in [0.1, 0.15) is 5.82 Å². The first-order valence-electron chi connectivity index (χ1n) is 9.07. The number of halogens is 2. The predicted molar refractivity (Wildman–Crippen MR) is 108 cm³/mol. The first-order valence-corrected chi connectivity index (χ1v) is 9.44. The molecule has 1 aliphatic heterocycles. The first kappa shape index (κ1) is 17.2. The van der Waals surface area contributed by atoms with E-state index in [4.69, 9.17) is 17.3 Å². The molecule has 2 nitrogen and oxygen atoms in total. The molecule has 0 saturated carbocycles. The highest BCUT2D eigenvalue weighted by Crippen LogP contribution is 2.32. The van der Waals surface area contributed by atoms with E-state index in [1.54, 1.807) is 6.07 Å². The quantitative estimate of drug-likeness (QED) is 0.603. The smallest absolute Gasteiger partial charge is 0.123 e. The molecule has 0 radical (unpaired) electrons. The number of rotatable bonds is 3. The van der Waals surface area contributed by atoms with Gasteiger partial charge in [-0.25, -0.2) is 4.39 Å². The number of benzene rings is 3. The number of nitrogens with two attached hydrogens (primary N) is 1. The number of hydrogen-bond acceptors (Lipinski definition) is 2. The van der Waals surface area contributed by atoms with E-state index in [1.165, 1.54) is 11.6 Å². The van der Waals surface area contributed by atoms with Gasteiger partial charge in [-0.2, -0.15) is 0 Å². The van der Waals surface area contributed by atoms with Crippen LogP contribution in [-0.2, 0) is 6.42 Å². The number of anilines is 2. The Morgan fingerprint density at radius 2 is 1.69 bits per heavy atom. The fourth-order valence-electron chi connectivity index (χ4n) is 3.88. The summed E-state index contributed by atoms with van der Waals surface area (Å²) in [5, 5.41) is 2.79. The summed E-state index contributed by atoms with van der Waals surface area (Å²) in [5.74, 6) is 0.482. The number of nitrogen functional groups attached to an aromatic ring is 1. The summed E-state index contributed by atoms with van der Waals surface area (Å²) < 4.78 is 13.3. The molecule has 3 aromatic rings. The molecule has 0 atom stereocenters. The standard InChI is InChI=1S/C22H22ClFN2/c23-21-14-20(25)5-6-22(21)26-9-7-15(8-10-26)11-16-1-2-18-13-19(24)4-3-17(18)12-16/h1-6,12-15H,7-11,25H2. The minimum Gasteiger partial charge on any atom is -0.399 e. The van der Waals surface area contributed by atoms with Crippen molar-refractivity contribution in [3.05, 3.63) is 71.0 Å². The Morgan fingerprint density at radius 1 is 0.962 bits per heavy atom. The van der Waals surface area contributed by atoms with Gasteiger partial charge in [-0.3, -0.25) is 0 Å². The van der Waals surface area contributed by atoms with Gasteiger partial charge in [0.15, 0.2) is 0 Å². The fraction of sp³-hybridized carbons (Fsp3) is 0.273. The molecular weight excluding hydrogens is 347 g/mol. The van der Waals surface area contributed by atoms with Gasteiger partial charge in [0.25, 0.3) is 0 Å². The van der Waals surface area contributed by atoms with Crippen molar-refractivity contribution in [1.82, 2.24) is 0 Å². The highest BCUT2D eigenvalue weighted by molar-refractivity contribution is 6.33. The maximum Gasteiger partial charge on any atom is 0.123 e. The van der Waals surface area contributed by atoms with Crippen LogP contribution in [0, 0.1) is 11.7 Å². The molecule has 0 bridgehead atoms. The summed E-state index contributed by atoms with van der Waals surface area (Å²) in [6.07, 6.45) is 3.35. The van der Waals surface area contributed by atoms with Crippen LogP contribution in [0.25, 0.3) is 10.8 Å². The zero-order valence-electron chi connectivity index (χ0n) is 14.6. The van der Waals surface area contributed by atoms with Crippen LogP contribution in [0.2, 0.25) is 5.02 Å². The largest absolute Gasteiger partial charge is 0.399 e. The average Bonchev–Trinajstić information content (AvgIpc) is 2.63. The molecule has 0 aromatic heterocycles. The normalized spacial score (nSPS) is 15.5. The predicted octanol–water partition coefficient (Wildman–Crippen LogP) is 5.67. The van der Waals surface area contributed by atoms with Crippen molar-refractivity contribution in [2.45, 2.75) is 19.3 Å². The summed E-state index contributed by atoms with van der Waals surface area (Å²) in [7, 11) is 0. The van der Waals surface area contributed by atoms with Crippen LogP contribution in [0.3, 0.4) is 0 Å².